The fourth-order valence-corrected chi connectivity index (χ4v) is 2.49. The van der Waals surface area contributed by atoms with Gasteiger partial charge in [0.1, 0.15) is 6.10 Å². The molecule has 7 heteroatoms. The molecule has 1 aliphatic carbocycles. The van der Waals surface area contributed by atoms with Gasteiger partial charge in [-0.05, 0) is 31.7 Å². The highest BCUT2D eigenvalue weighted by molar-refractivity contribution is 5.89. The Bertz CT molecular complexity index is 541. The van der Waals surface area contributed by atoms with Crippen molar-refractivity contribution in [2.24, 2.45) is 5.92 Å². The minimum atomic E-state index is -0.931. The van der Waals surface area contributed by atoms with Crippen LogP contribution in [-0.2, 0) is 4.79 Å². The second kappa shape index (κ2) is 7.80. The van der Waals surface area contributed by atoms with E-state index >= 15 is 0 Å². The molecule has 0 saturated heterocycles. The van der Waals surface area contributed by atoms with Crippen molar-refractivity contribution >= 4 is 17.7 Å². The molecule has 1 unspecified atom stereocenters. The molecule has 0 radical (unpaired) electrons. The molecule has 1 aromatic rings. The van der Waals surface area contributed by atoms with Crippen molar-refractivity contribution in [2.75, 3.05) is 18.9 Å². The Balaban J connectivity index is 1.84. The fraction of sp³-hybridized carbons (Fsp3) is 0.562. The summed E-state index contributed by atoms with van der Waals surface area (Å²) >= 11 is 0. The number of carbonyl (C=O) groups excluding carboxylic acids is 1. The normalized spacial score (nSPS) is 15.9. The quantitative estimate of drug-likeness (QED) is 0.840. The van der Waals surface area contributed by atoms with Crippen LogP contribution in [0.5, 0.6) is 5.88 Å². The van der Waals surface area contributed by atoms with Gasteiger partial charge in [-0.15, -0.1) is 0 Å². The molecule has 1 saturated carbocycles. The molecule has 2 rings (SSSR count). The van der Waals surface area contributed by atoms with Crippen LogP contribution in [0.4, 0.5) is 10.5 Å². The predicted octanol–water partition coefficient (Wildman–Crippen LogP) is 2.59. The van der Waals surface area contributed by atoms with E-state index in [1.807, 2.05) is 0 Å². The molecule has 1 aliphatic rings. The van der Waals surface area contributed by atoms with Crippen molar-refractivity contribution in [1.29, 1.82) is 0 Å². The van der Waals surface area contributed by atoms with E-state index in [2.05, 4.69) is 10.3 Å². The number of aromatic nitrogens is 1. The summed E-state index contributed by atoms with van der Waals surface area (Å²) in [7, 11) is 1.56. The topological polar surface area (TPSA) is 91.8 Å². The van der Waals surface area contributed by atoms with Gasteiger partial charge in [0.05, 0.1) is 17.8 Å². The lowest BCUT2D eigenvalue weighted by molar-refractivity contribution is -0.141. The summed E-state index contributed by atoms with van der Waals surface area (Å²) in [5.41, 5.74) is 0.545. The van der Waals surface area contributed by atoms with Crippen LogP contribution in [0.15, 0.2) is 18.3 Å². The van der Waals surface area contributed by atoms with Crippen molar-refractivity contribution < 1.29 is 19.4 Å². The van der Waals surface area contributed by atoms with E-state index in [4.69, 9.17) is 9.84 Å². The van der Waals surface area contributed by atoms with E-state index < -0.39 is 11.9 Å². The Labute approximate surface area is 135 Å². The molecule has 23 heavy (non-hydrogen) atoms. The van der Waals surface area contributed by atoms with Gasteiger partial charge in [-0.2, -0.15) is 0 Å². The fourth-order valence-electron chi connectivity index (χ4n) is 2.49. The summed E-state index contributed by atoms with van der Waals surface area (Å²) in [4.78, 5) is 28.3. The van der Waals surface area contributed by atoms with Crippen molar-refractivity contribution in [3.8, 4) is 5.88 Å². The number of hydrogen-bond acceptors (Lipinski definition) is 4. The standard InChI is InChI=1S/C16H23N3O4/c1-11(15(20)21)10-19(2)16(22)18-12-7-8-14(17-9-12)23-13-5-3-4-6-13/h7-9,11,13H,3-6,10H2,1-2H3,(H,18,22)(H,20,21). The number of nitrogens with zero attached hydrogens (tertiary/aromatic N) is 2. The van der Waals surface area contributed by atoms with Crippen LogP contribution < -0.4 is 10.1 Å². The van der Waals surface area contributed by atoms with Crippen molar-refractivity contribution in [3.63, 3.8) is 0 Å². The van der Waals surface area contributed by atoms with E-state index in [1.165, 1.54) is 23.9 Å². The van der Waals surface area contributed by atoms with Gasteiger partial charge < -0.3 is 20.1 Å². The molecule has 0 aromatic carbocycles. The van der Waals surface area contributed by atoms with E-state index in [0.717, 1.165) is 12.8 Å². The summed E-state index contributed by atoms with van der Waals surface area (Å²) in [6.07, 6.45) is 6.29. The highest BCUT2D eigenvalue weighted by atomic mass is 16.5. The van der Waals surface area contributed by atoms with Gasteiger partial charge >= 0.3 is 12.0 Å². The van der Waals surface area contributed by atoms with Gasteiger partial charge in [0.2, 0.25) is 5.88 Å². The zero-order valence-corrected chi connectivity index (χ0v) is 13.5. The Kier molecular flexibility index (Phi) is 5.78. The van der Waals surface area contributed by atoms with Crippen LogP contribution in [-0.4, -0.2) is 46.7 Å². The molecule has 2 N–H and O–H groups in total. The Morgan fingerprint density at radius 1 is 1.43 bits per heavy atom. The van der Waals surface area contributed by atoms with E-state index in [0.29, 0.717) is 11.6 Å². The Morgan fingerprint density at radius 3 is 2.70 bits per heavy atom. The summed E-state index contributed by atoms with van der Waals surface area (Å²) in [6.45, 7) is 1.69. The van der Waals surface area contributed by atoms with Crippen molar-refractivity contribution in [2.45, 2.75) is 38.7 Å². The average molecular weight is 321 g/mol. The largest absolute Gasteiger partial charge is 0.481 e. The number of ether oxygens (including phenoxy) is 1. The minimum Gasteiger partial charge on any atom is -0.481 e. The monoisotopic (exact) mass is 321 g/mol. The molecular weight excluding hydrogens is 298 g/mol. The number of urea groups is 1. The molecular formula is C16H23N3O4. The Morgan fingerprint density at radius 2 is 2.13 bits per heavy atom. The molecule has 1 fully saturated rings. The third-order valence-electron chi connectivity index (χ3n) is 3.89. The maximum absolute atomic E-state index is 12.0. The third-order valence-corrected chi connectivity index (χ3v) is 3.89. The van der Waals surface area contributed by atoms with Gasteiger partial charge in [-0.25, -0.2) is 9.78 Å². The van der Waals surface area contributed by atoms with E-state index in [1.54, 1.807) is 26.1 Å². The number of pyridine rings is 1. The molecule has 1 aromatic heterocycles. The highest BCUT2D eigenvalue weighted by Gasteiger charge is 2.18. The third kappa shape index (κ3) is 5.12. The number of rotatable bonds is 6. The summed E-state index contributed by atoms with van der Waals surface area (Å²) in [5.74, 6) is -0.992. The molecule has 1 atom stereocenters. The lowest BCUT2D eigenvalue weighted by Crippen LogP contribution is -2.36. The van der Waals surface area contributed by atoms with Crippen molar-refractivity contribution in [3.05, 3.63) is 18.3 Å². The number of aliphatic carboxylic acids is 1. The first-order chi connectivity index (χ1) is 11.0. The summed E-state index contributed by atoms with van der Waals surface area (Å²) in [5, 5.41) is 11.6. The predicted molar refractivity (Wildman–Crippen MR) is 85.6 cm³/mol. The summed E-state index contributed by atoms with van der Waals surface area (Å²) < 4.78 is 5.76. The number of amides is 2. The number of hydrogen-bond donors (Lipinski definition) is 2. The lowest BCUT2D eigenvalue weighted by atomic mass is 10.2. The molecule has 1 heterocycles. The molecule has 0 spiro atoms. The molecule has 0 bridgehead atoms. The first-order valence-corrected chi connectivity index (χ1v) is 7.83. The molecule has 126 valence electrons. The van der Waals surface area contributed by atoms with E-state index in [9.17, 15) is 9.59 Å². The van der Waals surface area contributed by atoms with Crippen LogP contribution in [0, 0.1) is 5.92 Å². The van der Waals surface area contributed by atoms with Gasteiger partial charge in [0, 0.05) is 19.7 Å². The lowest BCUT2D eigenvalue weighted by Gasteiger charge is -2.20. The maximum atomic E-state index is 12.0. The van der Waals surface area contributed by atoms with Crippen LogP contribution >= 0.6 is 0 Å². The maximum Gasteiger partial charge on any atom is 0.321 e. The zero-order chi connectivity index (χ0) is 16.8. The van der Waals surface area contributed by atoms with Crippen molar-refractivity contribution in [1.82, 2.24) is 9.88 Å². The number of carbonyl (C=O) groups is 2. The number of nitrogens with one attached hydrogen (secondary N) is 1. The van der Waals surface area contributed by atoms with Gasteiger partial charge in [0.25, 0.3) is 0 Å². The van der Waals surface area contributed by atoms with Gasteiger partial charge in [-0.1, -0.05) is 6.92 Å². The molecule has 2 amide bonds. The molecule has 0 aliphatic heterocycles. The van der Waals surface area contributed by atoms with E-state index in [-0.39, 0.29) is 18.7 Å². The van der Waals surface area contributed by atoms with Gasteiger partial charge in [-0.3, -0.25) is 4.79 Å². The van der Waals surface area contributed by atoms with Crippen LogP contribution in [0.3, 0.4) is 0 Å². The number of carboxylic acid groups (broad SMARTS) is 1. The highest BCUT2D eigenvalue weighted by Crippen LogP contribution is 2.23. The smallest absolute Gasteiger partial charge is 0.321 e. The van der Waals surface area contributed by atoms with Crippen LogP contribution in [0.25, 0.3) is 0 Å². The SMILES string of the molecule is CC(CN(C)C(=O)Nc1ccc(OC2CCCC2)nc1)C(=O)O. The zero-order valence-electron chi connectivity index (χ0n) is 13.5. The summed E-state index contributed by atoms with van der Waals surface area (Å²) in [6, 6.07) is 3.08. The first-order valence-electron chi connectivity index (χ1n) is 7.83. The minimum absolute atomic E-state index is 0.136. The second-order valence-electron chi connectivity index (χ2n) is 5.96. The van der Waals surface area contributed by atoms with Gasteiger partial charge in [0.15, 0.2) is 0 Å². The van der Waals surface area contributed by atoms with Crippen LogP contribution in [0.1, 0.15) is 32.6 Å². The number of carboxylic acids is 1. The van der Waals surface area contributed by atoms with Crippen LogP contribution in [0.2, 0.25) is 0 Å². The number of anilines is 1. The average Bonchev–Trinajstić information content (AvgIpc) is 3.02. The first kappa shape index (κ1) is 17.1. The Hall–Kier alpha value is -2.31. The molecule has 7 nitrogen and oxygen atoms in total. The second-order valence-corrected chi connectivity index (χ2v) is 5.96.